The molecule has 104 valence electrons. The van der Waals surface area contributed by atoms with E-state index < -0.39 is 5.97 Å². The lowest BCUT2D eigenvalue weighted by atomic mass is 10.1. The molecule has 7 nitrogen and oxygen atoms in total. The predicted octanol–water partition coefficient (Wildman–Crippen LogP) is 1.35. The molecule has 1 N–H and O–H groups in total. The summed E-state index contributed by atoms with van der Waals surface area (Å²) >= 11 is 0. The molecule has 1 aliphatic heterocycles. The second-order valence-corrected chi connectivity index (χ2v) is 4.79. The molecule has 7 heteroatoms. The van der Waals surface area contributed by atoms with E-state index in [0.717, 1.165) is 5.56 Å². The average Bonchev–Trinajstić information content (AvgIpc) is 3.07. The van der Waals surface area contributed by atoms with Crippen LogP contribution in [-0.2, 0) is 4.79 Å². The summed E-state index contributed by atoms with van der Waals surface area (Å²) in [5, 5.41) is 12.9. The summed E-state index contributed by atoms with van der Waals surface area (Å²) in [5.74, 6) is 0.539. The van der Waals surface area contributed by atoms with Gasteiger partial charge in [-0.05, 0) is 25.5 Å². The standard InChI is InChI=1S/C13H14N4O3/c1-8-15-12(20-16-8)10-3-2-5-14-11(10)17-6-4-9(7-17)13(18)19/h2-3,5,9H,4,6-7H2,1H3,(H,18,19)/t9-/m1/s1. The summed E-state index contributed by atoms with van der Waals surface area (Å²) in [6.45, 7) is 2.86. The van der Waals surface area contributed by atoms with Crippen LogP contribution in [0.5, 0.6) is 0 Å². The number of aryl methyl sites for hydroxylation is 1. The summed E-state index contributed by atoms with van der Waals surface area (Å²) in [4.78, 5) is 21.6. The van der Waals surface area contributed by atoms with Crippen LogP contribution in [-0.4, -0.2) is 39.3 Å². The molecule has 0 radical (unpaired) electrons. The minimum Gasteiger partial charge on any atom is -0.481 e. The quantitative estimate of drug-likeness (QED) is 0.903. The molecule has 20 heavy (non-hydrogen) atoms. The lowest BCUT2D eigenvalue weighted by molar-refractivity contribution is -0.140. The molecule has 1 saturated heterocycles. The molecule has 1 aliphatic rings. The predicted molar refractivity (Wildman–Crippen MR) is 70.2 cm³/mol. The van der Waals surface area contributed by atoms with Crippen LogP contribution in [0.4, 0.5) is 5.82 Å². The van der Waals surface area contributed by atoms with Crippen LogP contribution in [0, 0.1) is 12.8 Å². The number of hydrogen-bond acceptors (Lipinski definition) is 6. The number of rotatable bonds is 3. The maximum absolute atomic E-state index is 11.0. The van der Waals surface area contributed by atoms with Gasteiger partial charge in [-0.25, -0.2) is 4.98 Å². The van der Waals surface area contributed by atoms with E-state index in [4.69, 9.17) is 9.63 Å². The average molecular weight is 274 g/mol. The van der Waals surface area contributed by atoms with Crippen LogP contribution in [0.1, 0.15) is 12.2 Å². The first-order chi connectivity index (χ1) is 9.65. The number of pyridine rings is 1. The Labute approximate surface area is 115 Å². The van der Waals surface area contributed by atoms with E-state index in [2.05, 4.69) is 15.1 Å². The van der Waals surface area contributed by atoms with Crippen molar-refractivity contribution in [2.45, 2.75) is 13.3 Å². The Morgan fingerprint density at radius 1 is 1.55 bits per heavy atom. The van der Waals surface area contributed by atoms with Crippen LogP contribution in [0.25, 0.3) is 11.5 Å². The number of carboxylic acid groups (broad SMARTS) is 1. The van der Waals surface area contributed by atoms with Gasteiger partial charge in [-0.15, -0.1) is 0 Å². The topological polar surface area (TPSA) is 92.4 Å². The van der Waals surface area contributed by atoms with Crippen molar-refractivity contribution in [2.24, 2.45) is 5.92 Å². The minimum absolute atomic E-state index is 0.353. The zero-order valence-electron chi connectivity index (χ0n) is 11.0. The molecule has 0 spiro atoms. The number of anilines is 1. The molecule has 0 amide bonds. The lowest BCUT2D eigenvalue weighted by Gasteiger charge is -2.18. The van der Waals surface area contributed by atoms with Crippen molar-refractivity contribution in [1.29, 1.82) is 0 Å². The molecule has 1 atom stereocenters. The highest BCUT2D eigenvalue weighted by atomic mass is 16.5. The van der Waals surface area contributed by atoms with E-state index in [9.17, 15) is 4.79 Å². The Morgan fingerprint density at radius 2 is 2.40 bits per heavy atom. The number of aromatic nitrogens is 3. The number of carbonyl (C=O) groups is 1. The normalized spacial score (nSPS) is 18.4. The van der Waals surface area contributed by atoms with Gasteiger partial charge in [0.2, 0.25) is 0 Å². The van der Waals surface area contributed by atoms with Crippen molar-refractivity contribution in [3.63, 3.8) is 0 Å². The van der Waals surface area contributed by atoms with Crippen molar-refractivity contribution in [3.05, 3.63) is 24.2 Å². The van der Waals surface area contributed by atoms with Gasteiger partial charge in [0, 0.05) is 19.3 Å². The van der Waals surface area contributed by atoms with E-state index in [-0.39, 0.29) is 5.92 Å². The third-order valence-corrected chi connectivity index (χ3v) is 3.38. The molecular weight excluding hydrogens is 260 g/mol. The molecule has 0 unspecified atom stereocenters. The molecule has 3 rings (SSSR count). The highest BCUT2D eigenvalue weighted by Gasteiger charge is 2.30. The fourth-order valence-corrected chi connectivity index (χ4v) is 2.38. The summed E-state index contributed by atoms with van der Waals surface area (Å²) < 4.78 is 5.18. The Hall–Kier alpha value is -2.44. The molecule has 2 aromatic heterocycles. The zero-order valence-corrected chi connectivity index (χ0v) is 11.0. The van der Waals surface area contributed by atoms with Crippen molar-refractivity contribution in [1.82, 2.24) is 15.1 Å². The fourth-order valence-electron chi connectivity index (χ4n) is 2.38. The highest BCUT2D eigenvalue weighted by molar-refractivity contribution is 5.74. The summed E-state index contributed by atoms with van der Waals surface area (Å²) in [5.41, 5.74) is 0.735. The van der Waals surface area contributed by atoms with E-state index in [1.807, 2.05) is 11.0 Å². The molecule has 3 heterocycles. The number of nitrogens with zero attached hydrogens (tertiary/aromatic N) is 4. The zero-order chi connectivity index (χ0) is 14.1. The van der Waals surface area contributed by atoms with Crippen LogP contribution < -0.4 is 4.90 Å². The minimum atomic E-state index is -0.765. The van der Waals surface area contributed by atoms with Gasteiger partial charge >= 0.3 is 5.97 Å². The summed E-state index contributed by atoms with van der Waals surface area (Å²) in [6, 6.07) is 3.65. The number of hydrogen-bond donors (Lipinski definition) is 1. The molecular formula is C13H14N4O3. The third kappa shape index (κ3) is 2.22. The Kier molecular flexibility index (Phi) is 3.09. The van der Waals surface area contributed by atoms with Gasteiger partial charge in [0.25, 0.3) is 5.89 Å². The number of carboxylic acids is 1. The van der Waals surface area contributed by atoms with Gasteiger partial charge in [-0.1, -0.05) is 5.16 Å². The Morgan fingerprint density at radius 3 is 3.05 bits per heavy atom. The lowest BCUT2D eigenvalue weighted by Crippen LogP contribution is -2.24. The van der Waals surface area contributed by atoms with Gasteiger partial charge in [0.15, 0.2) is 5.82 Å². The SMILES string of the molecule is Cc1noc(-c2cccnc2N2CC[C@@H](C(=O)O)C2)n1. The second-order valence-electron chi connectivity index (χ2n) is 4.79. The van der Waals surface area contributed by atoms with Crippen molar-refractivity contribution >= 4 is 11.8 Å². The molecule has 0 bridgehead atoms. The Bertz CT molecular complexity index is 640. The van der Waals surface area contributed by atoms with Gasteiger partial charge < -0.3 is 14.5 Å². The van der Waals surface area contributed by atoms with Crippen molar-refractivity contribution in [3.8, 4) is 11.5 Å². The maximum atomic E-state index is 11.0. The summed E-state index contributed by atoms with van der Waals surface area (Å²) in [7, 11) is 0. The van der Waals surface area contributed by atoms with Gasteiger partial charge in [0.1, 0.15) is 5.82 Å². The van der Waals surface area contributed by atoms with Crippen LogP contribution in [0.3, 0.4) is 0 Å². The highest BCUT2D eigenvalue weighted by Crippen LogP contribution is 2.31. The molecule has 0 aromatic carbocycles. The molecule has 2 aromatic rings. The first-order valence-electron chi connectivity index (χ1n) is 6.38. The van der Waals surface area contributed by atoms with Crippen LogP contribution >= 0.6 is 0 Å². The second kappa shape index (κ2) is 4.92. The summed E-state index contributed by atoms with van der Waals surface area (Å²) in [6.07, 6.45) is 2.30. The van der Waals surface area contributed by atoms with E-state index in [0.29, 0.717) is 37.0 Å². The van der Waals surface area contributed by atoms with Crippen LogP contribution in [0.15, 0.2) is 22.9 Å². The third-order valence-electron chi connectivity index (χ3n) is 3.38. The van der Waals surface area contributed by atoms with E-state index in [1.54, 1.807) is 19.2 Å². The number of aliphatic carboxylic acids is 1. The maximum Gasteiger partial charge on any atom is 0.308 e. The first-order valence-corrected chi connectivity index (χ1v) is 6.38. The van der Waals surface area contributed by atoms with E-state index in [1.165, 1.54) is 0 Å². The fraction of sp³-hybridized carbons (Fsp3) is 0.385. The molecule has 1 fully saturated rings. The first kappa shape index (κ1) is 12.6. The molecule has 0 aliphatic carbocycles. The smallest absolute Gasteiger partial charge is 0.308 e. The van der Waals surface area contributed by atoms with Gasteiger partial charge in [-0.3, -0.25) is 4.79 Å². The van der Waals surface area contributed by atoms with Crippen LogP contribution in [0.2, 0.25) is 0 Å². The monoisotopic (exact) mass is 274 g/mol. The largest absolute Gasteiger partial charge is 0.481 e. The Balaban J connectivity index is 1.93. The molecule has 0 saturated carbocycles. The van der Waals surface area contributed by atoms with Crippen molar-refractivity contribution < 1.29 is 14.4 Å². The van der Waals surface area contributed by atoms with Gasteiger partial charge in [0.05, 0.1) is 11.5 Å². The van der Waals surface area contributed by atoms with Crippen molar-refractivity contribution in [2.75, 3.05) is 18.0 Å². The van der Waals surface area contributed by atoms with E-state index >= 15 is 0 Å². The van der Waals surface area contributed by atoms with Gasteiger partial charge in [-0.2, -0.15) is 4.98 Å².